The predicted octanol–water partition coefficient (Wildman–Crippen LogP) is 2.63. The van der Waals surface area contributed by atoms with Gasteiger partial charge in [-0.15, -0.1) is 0 Å². The van der Waals surface area contributed by atoms with Gasteiger partial charge in [0.15, 0.2) is 5.82 Å². The summed E-state index contributed by atoms with van der Waals surface area (Å²) in [5.41, 5.74) is 5.55. The summed E-state index contributed by atoms with van der Waals surface area (Å²) < 4.78 is 39.8. The molecular weight excluding hydrogens is 257 g/mol. The smallest absolute Gasteiger partial charge is 0.394 e. The Morgan fingerprint density at radius 1 is 1.32 bits per heavy atom. The molecule has 1 aromatic carbocycles. The lowest BCUT2D eigenvalue weighted by molar-refractivity contribution is -0.138. The van der Waals surface area contributed by atoms with E-state index >= 15 is 0 Å². The summed E-state index contributed by atoms with van der Waals surface area (Å²) in [6, 6.07) is 5.41. The molecule has 0 radical (unpaired) electrons. The van der Waals surface area contributed by atoms with E-state index in [-0.39, 0.29) is 12.1 Å². The fourth-order valence-electron chi connectivity index (χ4n) is 1.77. The molecule has 4 nitrogen and oxygen atoms in total. The molecule has 0 spiro atoms. The first kappa shape index (κ1) is 13.3. The van der Waals surface area contributed by atoms with Crippen LogP contribution in [0.2, 0.25) is 0 Å². The maximum atomic E-state index is 12.8. The van der Waals surface area contributed by atoms with Gasteiger partial charge in [0.05, 0.1) is 11.3 Å². The lowest BCUT2D eigenvalue weighted by atomic mass is 10.1. The molecule has 1 aromatic heterocycles. The molecule has 2 aromatic rings. The molecule has 19 heavy (non-hydrogen) atoms. The molecule has 0 fully saturated rings. The van der Waals surface area contributed by atoms with E-state index in [2.05, 4.69) is 10.4 Å². The van der Waals surface area contributed by atoms with Gasteiger partial charge in [0.2, 0.25) is 0 Å². The summed E-state index contributed by atoms with van der Waals surface area (Å²) in [4.78, 5) is 0. The first-order valence-electron chi connectivity index (χ1n) is 5.56. The summed E-state index contributed by atoms with van der Waals surface area (Å²) in [5, 5.41) is 6.82. The van der Waals surface area contributed by atoms with Gasteiger partial charge in [-0.2, -0.15) is 18.3 Å². The van der Waals surface area contributed by atoms with Crippen molar-refractivity contribution < 1.29 is 13.2 Å². The summed E-state index contributed by atoms with van der Waals surface area (Å²) in [6.07, 6.45) is -2.79. The van der Waals surface area contributed by atoms with Gasteiger partial charge in [-0.25, -0.2) is 0 Å². The number of nitrogens with one attached hydrogen (secondary N) is 1. The number of hydrogen-bond donors (Lipinski definition) is 2. The van der Waals surface area contributed by atoms with E-state index in [4.69, 9.17) is 5.73 Å². The van der Waals surface area contributed by atoms with Crippen LogP contribution in [0.1, 0.15) is 11.1 Å². The molecule has 0 aliphatic heterocycles. The minimum absolute atomic E-state index is 0.0108. The number of anilines is 2. The summed E-state index contributed by atoms with van der Waals surface area (Å²) >= 11 is 0. The molecule has 0 unspecified atom stereocenters. The number of aryl methyl sites for hydroxylation is 1. The maximum absolute atomic E-state index is 12.8. The Bertz CT molecular complexity index is 575. The second-order valence-electron chi connectivity index (χ2n) is 4.12. The van der Waals surface area contributed by atoms with Crippen LogP contribution in [0.4, 0.5) is 24.7 Å². The van der Waals surface area contributed by atoms with E-state index < -0.39 is 11.7 Å². The van der Waals surface area contributed by atoms with Gasteiger partial charge in [0.25, 0.3) is 0 Å². The number of nitrogens with two attached hydrogens (primary N) is 1. The molecular formula is C12H13F3N4. The molecule has 1 heterocycles. The van der Waals surface area contributed by atoms with Crippen LogP contribution in [0, 0.1) is 0 Å². The summed E-state index contributed by atoms with van der Waals surface area (Å²) in [7, 11) is 1.69. The van der Waals surface area contributed by atoms with Crippen molar-refractivity contribution in [2.45, 2.75) is 12.7 Å². The summed E-state index contributed by atoms with van der Waals surface area (Å²) in [6.45, 7) is 0.0108. The number of alkyl halides is 3. The zero-order valence-electron chi connectivity index (χ0n) is 10.2. The van der Waals surface area contributed by atoms with Crippen molar-refractivity contribution in [3.8, 4) is 0 Å². The average Bonchev–Trinajstić information content (AvgIpc) is 2.64. The van der Waals surface area contributed by atoms with Crippen LogP contribution < -0.4 is 11.1 Å². The van der Waals surface area contributed by atoms with Crippen molar-refractivity contribution in [1.29, 1.82) is 0 Å². The topological polar surface area (TPSA) is 55.9 Å². The monoisotopic (exact) mass is 270 g/mol. The van der Waals surface area contributed by atoms with Crippen LogP contribution in [-0.4, -0.2) is 9.78 Å². The van der Waals surface area contributed by atoms with Gasteiger partial charge >= 0.3 is 6.18 Å². The van der Waals surface area contributed by atoms with Crippen molar-refractivity contribution >= 4 is 11.5 Å². The van der Waals surface area contributed by atoms with Gasteiger partial charge in [0.1, 0.15) is 0 Å². The van der Waals surface area contributed by atoms with Gasteiger partial charge in [0, 0.05) is 19.8 Å². The van der Waals surface area contributed by atoms with E-state index in [0.717, 1.165) is 6.07 Å². The van der Waals surface area contributed by atoms with Crippen LogP contribution in [-0.2, 0) is 19.8 Å². The third-order valence-electron chi connectivity index (χ3n) is 2.63. The Morgan fingerprint density at radius 2 is 2.00 bits per heavy atom. The van der Waals surface area contributed by atoms with Crippen LogP contribution in [0.15, 0.2) is 30.5 Å². The standard InChI is InChI=1S/C12H13F3N4/c1-19-7-10(16)11(18-19)17-6-8-4-2-3-5-9(8)12(13,14)15/h2-5,7H,6,16H2,1H3,(H,17,18). The van der Waals surface area contributed by atoms with E-state index in [1.807, 2.05) is 0 Å². The van der Waals surface area contributed by atoms with Crippen molar-refractivity contribution in [1.82, 2.24) is 9.78 Å². The lowest BCUT2D eigenvalue weighted by Gasteiger charge is -2.13. The van der Waals surface area contributed by atoms with Crippen LogP contribution >= 0.6 is 0 Å². The van der Waals surface area contributed by atoms with Crippen LogP contribution in [0.25, 0.3) is 0 Å². The number of nitrogen functional groups attached to an aromatic ring is 1. The molecule has 0 aliphatic rings. The average molecular weight is 270 g/mol. The van der Waals surface area contributed by atoms with Crippen LogP contribution in [0.3, 0.4) is 0 Å². The third kappa shape index (κ3) is 2.98. The van der Waals surface area contributed by atoms with Gasteiger partial charge < -0.3 is 11.1 Å². The van der Waals surface area contributed by atoms with E-state index in [0.29, 0.717) is 11.5 Å². The van der Waals surface area contributed by atoms with Gasteiger partial charge in [-0.3, -0.25) is 4.68 Å². The minimum atomic E-state index is -4.37. The normalized spacial score (nSPS) is 11.6. The Hall–Kier alpha value is -2.18. The number of rotatable bonds is 3. The Balaban J connectivity index is 2.18. The molecule has 0 bridgehead atoms. The van der Waals surface area contributed by atoms with E-state index in [9.17, 15) is 13.2 Å². The number of nitrogens with zero attached hydrogens (tertiary/aromatic N) is 2. The molecule has 7 heteroatoms. The quantitative estimate of drug-likeness (QED) is 0.901. The van der Waals surface area contributed by atoms with Crippen LogP contribution in [0.5, 0.6) is 0 Å². The highest BCUT2D eigenvalue weighted by Crippen LogP contribution is 2.32. The SMILES string of the molecule is Cn1cc(N)c(NCc2ccccc2C(F)(F)F)n1. The molecule has 3 N–H and O–H groups in total. The highest BCUT2D eigenvalue weighted by molar-refractivity contribution is 5.60. The van der Waals surface area contributed by atoms with Crippen molar-refractivity contribution in [2.24, 2.45) is 7.05 Å². The number of aromatic nitrogens is 2. The first-order chi connectivity index (χ1) is 8.88. The molecule has 0 aliphatic carbocycles. The third-order valence-corrected chi connectivity index (χ3v) is 2.63. The second kappa shape index (κ2) is 4.83. The molecule has 0 saturated carbocycles. The molecule has 2 rings (SSSR count). The van der Waals surface area contributed by atoms with Gasteiger partial charge in [-0.1, -0.05) is 18.2 Å². The van der Waals surface area contributed by atoms with Gasteiger partial charge in [-0.05, 0) is 11.6 Å². The van der Waals surface area contributed by atoms with Crippen molar-refractivity contribution in [3.63, 3.8) is 0 Å². The Labute approximate surface area is 108 Å². The largest absolute Gasteiger partial charge is 0.416 e. The zero-order valence-corrected chi connectivity index (χ0v) is 10.2. The van der Waals surface area contributed by atoms with Crippen molar-refractivity contribution in [2.75, 3.05) is 11.1 Å². The minimum Gasteiger partial charge on any atom is -0.394 e. The first-order valence-corrected chi connectivity index (χ1v) is 5.56. The maximum Gasteiger partial charge on any atom is 0.416 e. The fourth-order valence-corrected chi connectivity index (χ4v) is 1.77. The molecule has 0 atom stereocenters. The number of hydrogen-bond acceptors (Lipinski definition) is 3. The molecule has 0 amide bonds. The lowest BCUT2D eigenvalue weighted by Crippen LogP contribution is -2.12. The highest BCUT2D eigenvalue weighted by atomic mass is 19.4. The Morgan fingerprint density at radius 3 is 2.58 bits per heavy atom. The zero-order chi connectivity index (χ0) is 14.0. The number of halogens is 3. The number of benzene rings is 1. The summed E-state index contributed by atoms with van der Waals surface area (Å²) in [5.74, 6) is 0.375. The Kier molecular flexibility index (Phi) is 3.37. The van der Waals surface area contributed by atoms with E-state index in [1.54, 1.807) is 19.3 Å². The second-order valence-corrected chi connectivity index (χ2v) is 4.12. The molecule has 102 valence electrons. The fraction of sp³-hybridized carbons (Fsp3) is 0.250. The predicted molar refractivity (Wildman–Crippen MR) is 66.4 cm³/mol. The molecule has 0 saturated heterocycles. The van der Waals surface area contributed by atoms with Crippen molar-refractivity contribution in [3.05, 3.63) is 41.6 Å². The highest BCUT2D eigenvalue weighted by Gasteiger charge is 2.32. The van der Waals surface area contributed by atoms with E-state index in [1.165, 1.54) is 16.8 Å².